The number of benzene rings is 1. The van der Waals surface area contributed by atoms with Crippen molar-refractivity contribution < 1.29 is 28.5 Å². The third kappa shape index (κ3) is 2.91. The van der Waals surface area contributed by atoms with E-state index in [1.54, 1.807) is 24.3 Å². The van der Waals surface area contributed by atoms with Crippen LogP contribution in [0.15, 0.2) is 51.0 Å². The maximum atomic E-state index is 12.3. The fourth-order valence-electron chi connectivity index (χ4n) is 2.82. The van der Waals surface area contributed by atoms with E-state index in [4.69, 9.17) is 24.4 Å². The highest BCUT2D eigenvalue weighted by Gasteiger charge is 2.39. The molecule has 1 atom stereocenters. The Morgan fingerprint density at radius 1 is 1.31 bits per heavy atom. The van der Waals surface area contributed by atoms with E-state index in [9.17, 15) is 14.7 Å². The topological polar surface area (TPSA) is 121 Å². The van der Waals surface area contributed by atoms with Crippen LogP contribution in [-0.2, 0) is 16.1 Å². The van der Waals surface area contributed by atoms with Gasteiger partial charge >= 0.3 is 5.97 Å². The summed E-state index contributed by atoms with van der Waals surface area (Å²) in [5.74, 6) is -1.33. The fraction of sp³-hybridized carbons (Fsp3) is 0.222. The second kappa shape index (κ2) is 6.93. The molecule has 8 nitrogen and oxygen atoms in total. The Bertz CT molecular complexity index is 945. The molecule has 26 heavy (non-hydrogen) atoms. The number of hydrogen-bond donors (Lipinski definition) is 2. The molecule has 0 spiro atoms. The zero-order valence-corrected chi connectivity index (χ0v) is 14.1. The molecule has 0 radical (unpaired) electrons. The summed E-state index contributed by atoms with van der Waals surface area (Å²) in [5.41, 5.74) is 5.96. The van der Waals surface area contributed by atoms with Crippen molar-refractivity contribution in [1.82, 2.24) is 0 Å². The van der Waals surface area contributed by atoms with Crippen molar-refractivity contribution in [3.8, 4) is 11.5 Å². The molecule has 1 aromatic heterocycles. The third-order valence-corrected chi connectivity index (χ3v) is 4.00. The second-order valence-electron chi connectivity index (χ2n) is 5.51. The monoisotopic (exact) mass is 359 g/mol. The summed E-state index contributed by atoms with van der Waals surface area (Å²) in [7, 11) is 2.72. The molecule has 0 saturated carbocycles. The van der Waals surface area contributed by atoms with Crippen LogP contribution in [-0.4, -0.2) is 25.3 Å². The van der Waals surface area contributed by atoms with Crippen molar-refractivity contribution in [2.45, 2.75) is 12.5 Å². The van der Waals surface area contributed by atoms with Gasteiger partial charge in [-0.25, -0.2) is 4.79 Å². The van der Waals surface area contributed by atoms with Crippen molar-refractivity contribution in [1.29, 1.82) is 0 Å². The lowest BCUT2D eigenvalue weighted by Gasteiger charge is -2.26. The Labute approximate surface area is 148 Å². The molecule has 1 aromatic carbocycles. The predicted molar refractivity (Wildman–Crippen MR) is 89.6 cm³/mol. The smallest absolute Gasteiger partial charge is 0.340 e. The Hall–Kier alpha value is -3.26. The SMILES string of the molecule is COC(=O)C1=C(N)Oc2c(oc(CO)cc2=O)[C@H]1c1cccc(OC)c1. The quantitative estimate of drug-likeness (QED) is 0.776. The molecule has 136 valence electrons. The van der Waals surface area contributed by atoms with Gasteiger partial charge in [0.1, 0.15) is 23.7 Å². The number of nitrogens with two attached hydrogens (primary N) is 1. The van der Waals surface area contributed by atoms with Gasteiger partial charge in [0.15, 0.2) is 5.76 Å². The molecule has 0 unspecified atom stereocenters. The number of esters is 1. The molecule has 3 rings (SSSR count). The summed E-state index contributed by atoms with van der Waals surface area (Å²) in [6.45, 7) is -0.486. The predicted octanol–water partition coefficient (Wildman–Crippen LogP) is 1.01. The van der Waals surface area contributed by atoms with Gasteiger partial charge in [0.05, 0.1) is 20.1 Å². The molecule has 1 aliphatic heterocycles. The maximum absolute atomic E-state index is 12.3. The van der Waals surface area contributed by atoms with Gasteiger partial charge in [0.25, 0.3) is 0 Å². The fourth-order valence-corrected chi connectivity index (χ4v) is 2.82. The lowest BCUT2D eigenvalue weighted by molar-refractivity contribution is -0.136. The van der Waals surface area contributed by atoms with Gasteiger partial charge in [-0.3, -0.25) is 4.79 Å². The standard InChI is InChI=1S/C18H17NO7/c1-23-10-5-3-4-9(6-10)13-14(18(22)24-2)17(19)26-15-12(21)7-11(8-20)25-16(13)15/h3-7,13,20H,8,19H2,1-2H3/t13-/m0/s1. The molecule has 8 heteroatoms. The third-order valence-electron chi connectivity index (χ3n) is 4.00. The summed E-state index contributed by atoms with van der Waals surface area (Å²) >= 11 is 0. The number of carbonyl (C=O) groups is 1. The second-order valence-corrected chi connectivity index (χ2v) is 5.51. The van der Waals surface area contributed by atoms with Gasteiger partial charge in [-0.2, -0.15) is 0 Å². The van der Waals surface area contributed by atoms with E-state index < -0.39 is 23.9 Å². The molecule has 2 aromatic rings. The van der Waals surface area contributed by atoms with Gasteiger partial charge in [0.2, 0.25) is 17.1 Å². The lowest BCUT2D eigenvalue weighted by atomic mass is 9.86. The molecule has 3 N–H and O–H groups in total. The Kier molecular flexibility index (Phi) is 4.68. The lowest BCUT2D eigenvalue weighted by Crippen LogP contribution is -2.29. The van der Waals surface area contributed by atoms with Crippen molar-refractivity contribution in [3.05, 3.63) is 69.1 Å². The molecular formula is C18H17NO7. The van der Waals surface area contributed by atoms with Crippen LogP contribution in [0.3, 0.4) is 0 Å². The first-order chi connectivity index (χ1) is 12.5. The van der Waals surface area contributed by atoms with Crippen LogP contribution in [0, 0.1) is 0 Å². The van der Waals surface area contributed by atoms with Crippen LogP contribution in [0.25, 0.3) is 0 Å². The van der Waals surface area contributed by atoms with E-state index in [1.165, 1.54) is 14.2 Å². The number of fused-ring (bicyclic) bond motifs is 1. The highest BCUT2D eigenvalue weighted by atomic mass is 16.5. The normalized spacial score (nSPS) is 15.9. The van der Waals surface area contributed by atoms with Gasteiger partial charge in [-0.15, -0.1) is 0 Å². The minimum atomic E-state index is -0.861. The molecule has 0 saturated heterocycles. The van der Waals surface area contributed by atoms with Crippen molar-refractivity contribution in [3.63, 3.8) is 0 Å². The largest absolute Gasteiger partial charge is 0.497 e. The summed E-state index contributed by atoms with van der Waals surface area (Å²) in [6.07, 6.45) is 0. The molecule has 1 aliphatic rings. The van der Waals surface area contributed by atoms with E-state index in [0.717, 1.165) is 6.07 Å². The van der Waals surface area contributed by atoms with E-state index in [1.807, 2.05) is 0 Å². The van der Waals surface area contributed by atoms with E-state index >= 15 is 0 Å². The minimum absolute atomic E-state index is 0.00788. The summed E-state index contributed by atoms with van der Waals surface area (Å²) < 4.78 is 21.0. The molecule has 0 amide bonds. The van der Waals surface area contributed by atoms with Crippen molar-refractivity contribution in [2.75, 3.05) is 14.2 Å². The van der Waals surface area contributed by atoms with Gasteiger partial charge in [-0.1, -0.05) is 12.1 Å². The number of ether oxygens (including phenoxy) is 3. The average molecular weight is 359 g/mol. The minimum Gasteiger partial charge on any atom is -0.497 e. The van der Waals surface area contributed by atoms with E-state index in [0.29, 0.717) is 11.3 Å². The molecule has 0 bridgehead atoms. The zero-order chi connectivity index (χ0) is 18.8. The van der Waals surface area contributed by atoms with Crippen LogP contribution >= 0.6 is 0 Å². The van der Waals surface area contributed by atoms with Crippen LogP contribution in [0.4, 0.5) is 0 Å². The summed E-state index contributed by atoms with van der Waals surface area (Å²) in [6, 6.07) is 7.97. The van der Waals surface area contributed by atoms with Crippen molar-refractivity contribution in [2.24, 2.45) is 5.73 Å². The van der Waals surface area contributed by atoms with Gasteiger partial charge in [0, 0.05) is 6.07 Å². The Morgan fingerprint density at radius 2 is 2.08 bits per heavy atom. The number of rotatable bonds is 4. The first kappa shape index (κ1) is 17.6. The van der Waals surface area contributed by atoms with Gasteiger partial charge < -0.3 is 29.5 Å². The van der Waals surface area contributed by atoms with Crippen LogP contribution in [0.5, 0.6) is 11.5 Å². The highest BCUT2D eigenvalue weighted by Crippen LogP contribution is 2.42. The molecule has 0 fully saturated rings. The number of hydrogen-bond acceptors (Lipinski definition) is 8. The molecule has 2 heterocycles. The van der Waals surface area contributed by atoms with Crippen LogP contribution < -0.4 is 20.6 Å². The number of methoxy groups -OCH3 is 2. The van der Waals surface area contributed by atoms with Gasteiger partial charge in [-0.05, 0) is 17.7 Å². The zero-order valence-electron chi connectivity index (χ0n) is 14.1. The first-order valence-corrected chi connectivity index (χ1v) is 7.67. The van der Waals surface area contributed by atoms with Crippen LogP contribution in [0.1, 0.15) is 23.0 Å². The number of aliphatic hydroxyl groups excluding tert-OH is 1. The average Bonchev–Trinajstić information content (AvgIpc) is 2.66. The molecular weight excluding hydrogens is 342 g/mol. The summed E-state index contributed by atoms with van der Waals surface area (Å²) in [4.78, 5) is 24.6. The van der Waals surface area contributed by atoms with E-state index in [2.05, 4.69) is 0 Å². The van der Waals surface area contributed by atoms with E-state index in [-0.39, 0.29) is 28.7 Å². The first-order valence-electron chi connectivity index (χ1n) is 7.67. The number of carbonyl (C=O) groups excluding carboxylic acids is 1. The molecule has 0 aliphatic carbocycles. The van der Waals surface area contributed by atoms with Crippen molar-refractivity contribution >= 4 is 5.97 Å². The Balaban J connectivity index is 2.30. The van der Waals surface area contributed by atoms with Crippen LogP contribution in [0.2, 0.25) is 0 Å². The number of aliphatic hydroxyl groups is 1. The summed E-state index contributed by atoms with van der Waals surface area (Å²) in [5, 5.41) is 9.35. The highest BCUT2D eigenvalue weighted by molar-refractivity contribution is 5.92. The Morgan fingerprint density at radius 3 is 2.73 bits per heavy atom. The maximum Gasteiger partial charge on any atom is 0.340 e.